The van der Waals surface area contributed by atoms with E-state index < -0.39 is 11.7 Å². The Balaban J connectivity index is 1.86. The number of nitriles is 1. The van der Waals surface area contributed by atoms with Gasteiger partial charge in [-0.2, -0.15) is 18.4 Å². The van der Waals surface area contributed by atoms with Gasteiger partial charge in [0.2, 0.25) is 0 Å². The molecule has 7 heteroatoms. The molecule has 132 valence electrons. The Morgan fingerprint density at radius 1 is 1.36 bits per heavy atom. The van der Waals surface area contributed by atoms with Gasteiger partial charge in [0.25, 0.3) is 0 Å². The molecule has 0 saturated heterocycles. The van der Waals surface area contributed by atoms with Gasteiger partial charge in [0.05, 0.1) is 23.5 Å². The van der Waals surface area contributed by atoms with E-state index in [4.69, 9.17) is 5.26 Å². The fourth-order valence-electron chi connectivity index (χ4n) is 3.67. The van der Waals surface area contributed by atoms with Crippen molar-refractivity contribution in [2.24, 2.45) is 0 Å². The molecule has 2 unspecified atom stereocenters. The molecule has 1 aromatic carbocycles. The molecular formula is C18H19F3N4. The predicted octanol–water partition coefficient (Wildman–Crippen LogP) is 4.39. The molecule has 4 nitrogen and oxygen atoms in total. The maximum Gasteiger partial charge on any atom is 0.417 e. The number of rotatable bonds is 4. The minimum Gasteiger partial charge on any atom is -0.369 e. The highest BCUT2D eigenvalue weighted by Gasteiger charge is 2.35. The number of alkyl halides is 3. The summed E-state index contributed by atoms with van der Waals surface area (Å²) in [4.78, 5) is 6.07. The minimum atomic E-state index is -4.53. The van der Waals surface area contributed by atoms with Gasteiger partial charge in [-0.25, -0.2) is 4.98 Å². The SMILES string of the molecule is CCN(c1ccc(C#N)c(C(F)(F)F)c1)C1CCC(n2ccnc2)C1. The first-order chi connectivity index (χ1) is 11.9. The van der Waals surface area contributed by atoms with Crippen LogP contribution in [0.25, 0.3) is 0 Å². The van der Waals surface area contributed by atoms with Crippen LogP contribution >= 0.6 is 0 Å². The molecule has 3 rings (SSSR count). The standard InChI is InChI=1S/C18H19F3N4/c1-2-25(15-6-5-14(9-15)24-8-7-23-12-24)16-4-3-13(11-22)17(10-16)18(19,20)21/h3-4,7-8,10,12,14-15H,2,5-6,9H2,1H3. The van der Waals surface area contributed by atoms with Crippen LogP contribution in [-0.4, -0.2) is 22.1 Å². The Kier molecular flexibility index (Phi) is 4.71. The van der Waals surface area contributed by atoms with Crippen LogP contribution in [0.2, 0.25) is 0 Å². The highest BCUT2D eigenvalue weighted by Crippen LogP contribution is 2.38. The van der Waals surface area contributed by atoms with Crippen molar-refractivity contribution in [3.63, 3.8) is 0 Å². The molecule has 1 saturated carbocycles. The lowest BCUT2D eigenvalue weighted by Crippen LogP contribution is -2.33. The summed E-state index contributed by atoms with van der Waals surface area (Å²) in [5, 5.41) is 8.95. The fourth-order valence-corrected chi connectivity index (χ4v) is 3.67. The molecule has 2 aromatic rings. The van der Waals surface area contributed by atoms with Gasteiger partial charge in [-0.05, 0) is 44.4 Å². The average Bonchev–Trinajstić information content (AvgIpc) is 3.26. The third-order valence-electron chi connectivity index (χ3n) is 4.87. The number of hydrogen-bond donors (Lipinski definition) is 0. The maximum absolute atomic E-state index is 13.2. The number of hydrogen-bond acceptors (Lipinski definition) is 3. The van der Waals surface area contributed by atoms with Crippen molar-refractivity contribution in [2.45, 2.75) is 44.4 Å². The quantitative estimate of drug-likeness (QED) is 0.823. The van der Waals surface area contributed by atoms with Gasteiger partial charge >= 0.3 is 6.18 Å². The number of anilines is 1. The largest absolute Gasteiger partial charge is 0.417 e. The van der Waals surface area contributed by atoms with Gasteiger partial charge in [0, 0.05) is 36.7 Å². The first-order valence-electron chi connectivity index (χ1n) is 8.29. The van der Waals surface area contributed by atoms with Gasteiger partial charge in [-0.1, -0.05) is 0 Å². The fraction of sp³-hybridized carbons (Fsp3) is 0.444. The molecule has 1 aliphatic carbocycles. The number of nitrogens with zero attached hydrogens (tertiary/aromatic N) is 4. The van der Waals surface area contributed by atoms with E-state index in [0.717, 1.165) is 25.3 Å². The van der Waals surface area contributed by atoms with Gasteiger partial charge in [0.15, 0.2) is 0 Å². The molecule has 1 heterocycles. The van der Waals surface area contributed by atoms with Crippen LogP contribution < -0.4 is 4.90 Å². The Morgan fingerprint density at radius 3 is 2.76 bits per heavy atom. The van der Waals surface area contributed by atoms with Gasteiger partial charge in [0.1, 0.15) is 0 Å². The van der Waals surface area contributed by atoms with Crippen molar-refractivity contribution in [1.82, 2.24) is 9.55 Å². The molecule has 0 N–H and O–H groups in total. The number of aromatic nitrogens is 2. The van der Waals surface area contributed by atoms with E-state index in [-0.39, 0.29) is 11.6 Å². The zero-order valence-corrected chi connectivity index (χ0v) is 13.9. The van der Waals surface area contributed by atoms with Crippen molar-refractivity contribution in [3.05, 3.63) is 48.0 Å². The van der Waals surface area contributed by atoms with Crippen LogP contribution in [-0.2, 0) is 6.18 Å². The molecule has 0 aliphatic heterocycles. The van der Waals surface area contributed by atoms with Gasteiger partial charge in [-0.15, -0.1) is 0 Å². The molecule has 1 aromatic heterocycles. The summed E-state index contributed by atoms with van der Waals surface area (Å²) < 4.78 is 41.7. The first kappa shape index (κ1) is 17.3. The summed E-state index contributed by atoms with van der Waals surface area (Å²) in [7, 11) is 0. The summed E-state index contributed by atoms with van der Waals surface area (Å²) in [5.41, 5.74) is -0.685. The second-order valence-electron chi connectivity index (χ2n) is 6.26. The third kappa shape index (κ3) is 3.48. The van der Waals surface area contributed by atoms with Crippen LogP contribution in [0.1, 0.15) is 43.4 Å². The lowest BCUT2D eigenvalue weighted by molar-refractivity contribution is -0.137. The van der Waals surface area contributed by atoms with Crippen molar-refractivity contribution < 1.29 is 13.2 Å². The monoisotopic (exact) mass is 348 g/mol. The summed E-state index contributed by atoms with van der Waals surface area (Å²) in [5.74, 6) is 0. The van der Waals surface area contributed by atoms with E-state index >= 15 is 0 Å². The normalized spacial score (nSPS) is 20.4. The minimum absolute atomic E-state index is 0.173. The zero-order chi connectivity index (χ0) is 18.0. The molecule has 1 fully saturated rings. The average molecular weight is 348 g/mol. The van der Waals surface area contributed by atoms with E-state index in [0.29, 0.717) is 18.3 Å². The van der Waals surface area contributed by atoms with Crippen LogP contribution in [0.4, 0.5) is 18.9 Å². The van der Waals surface area contributed by atoms with Crippen molar-refractivity contribution >= 4 is 5.69 Å². The van der Waals surface area contributed by atoms with E-state index in [2.05, 4.69) is 9.55 Å². The second-order valence-corrected chi connectivity index (χ2v) is 6.26. The maximum atomic E-state index is 13.2. The second kappa shape index (κ2) is 6.79. The molecule has 2 atom stereocenters. The molecule has 25 heavy (non-hydrogen) atoms. The molecule has 0 radical (unpaired) electrons. The lowest BCUT2D eigenvalue weighted by Gasteiger charge is -2.31. The third-order valence-corrected chi connectivity index (χ3v) is 4.87. The molecule has 0 bridgehead atoms. The molecule has 0 amide bonds. The predicted molar refractivity (Wildman–Crippen MR) is 88.1 cm³/mol. The summed E-state index contributed by atoms with van der Waals surface area (Å²) in [6, 6.07) is 6.11. The van der Waals surface area contributed by atoms with E-state index in [1.54, 1.807) is 24.7 Å². The van der Waals surface area contributed by atoms with Crippen molar-refractivity contribution in [2.75, 3.05) is 11.4 Å². The molecule has 0 spiro atoms. The van der Waals surface area contributed by atoms with E-state index in [1.807, 2.05) is 18.0 Å². The molecular weight excluding hydrogens is 329 g/mol. The number of imidazole rings is 1. The summed E-state index contributed by atoms with van der Waals surface area (Å²) in [6.07, 6.45) is 3.67. The van der Waals surface area contributed by atoms with Gasteiger partial charge < -0.3 is 9.47 Å². The zero-order valence-electron chi connectivity index (χ0n) is 13.9. The first-order valence-corrected chi connectivity index (χ1v) is 8.29. The Hall–Kier alpha value is -2.49. The van der Waals surface area contributed by atoms with Crippen LogP contribution in [0, 0.1) is 11.3 Å². The Morgan fingerprint density at radius 2 is 2.16 bits per heavy atom. The highest BCUT2D eigenvalue weighted by molar-refractivity contribution is 5.55. The summed E-state index contributed by atoms with van der Waals surface area (Å²) >= 11 is 0. The topological polar surface area (TPSA) is 44.9 Å². The van der Waals surface area contributed by atoms with Gasteiger partial charge in [-0.3, -0.25) is 0 Å². The van der Waals surface area contributed by atoms with E-state index in [1.165, 1.54) is 6.07 Å². The molecule has 1 aliphatic rings. The number of halogens is 3. The Labute approximate surface area is 144 Å². The van der Waals surface area contributed by atoms with Crippen LogP contribution in [0.5, 0.6) is 0 Å². The highest BCUT2D eigenvalue weighted by atomic mass is 19.4. The van der Waals surface area contributed by atoms with Crippen molar-refractivity contribution in [3.8, 4) is 6.07 Å². The Bertz CT molecular complexity index is 762. The number of benzene rings is 1. The van der Waals surface area contributed by atoms with Crippen molar-refractivity contribution in [1.29, 1.82) is 5.26 Å². The lowest BCUT2D eigenvalue weighted by atomic mass is 10.1. The smallest absolute Gasteiger partial charge is 0.369 e. The van der Waals surface area contributed by atoms with Crippen LogP contribution in [0.15, 0.2) is 36.9 Å². The summed E-state index contributed by atoms with van der Waals surface area (Å²) in [6.45, 7) is 2.56. The van der Waals surface area contributed by atoms with Crippen LogP contribution in [0.3, 0.4) is 0 Å². The van der Waals surface area contributed by atoms with E-state index in [9.17, 15) is 13.2 Å².